The first-order valence-corrected chi connectivity index (χ1v) is 9.92. The van der Waals surface area contributed by atoms with E-state index < -0.39 is 23.7 Å². The van der Waals surface area contributed by atoms with Gasteiger partial charge in [0.1, 0.15) is 18.1 Å². The molecule has 0 aliphatic rings. The Labute approximate surface area is 175 Å². The second kappa shape index (κ2) is 8.46. The van der Waals surface area contributed by atoms with Gasteiger partial charge < -0.3 is 18.8 Å². The van der Waals surface area contributed by atoms with E-state index in [0.29, 0.717) is 23.7 Å². The molecule has 0 unspecified atom stereocenters. The average Bonchev–Trinajstić information content (AvgIpc) is 3.48. The molecule has 0 fully saturated rings. The minimum Gasteiger partial charge on any atom is -0.467 e. The quantitative estimate of drug-likeness (QED) is 0.454. The molecule has 4 rings (SSSR count). The van der Waals surface area contributed by atoms with Crippen LogP contribution < -0.4 is 16.6 Å². The van der Waals surface area contributed by atoms with Crippen molar-refractivity contribution in [1.82, 2.24) is 23.8 Å². The van der Waals surface area contributed by atoms with Crippen LogP contribution in [-0.4, -0.2) is 29.7 Å². The first kappa shape index (κ1) is 20.4. The van der Waals surface area contributed by atoms with Crippen LogP contribution in [0.5, 0.6) is 0 Å². The number of hydrogen-bond acceptors (Lipinski definition) is 7. The molecule has 11 heteroatoms. The molecule has 0 radical (unpaired) electrons. The smallest absolute Gasteiger partial charge is 0.333 e. The van der Waals surface area contributed by atoms with E-state index in [-0.39, 0.29) is 17.9 Å². The Hall–Kier alpha value is -3.89. The Morgan fingerprint density at radius 2 is 2.10 bits per heavy atom. The first-order valence-electron chi connectivity index (χ1n) is 9.92. The van der Waals surface area contributed by atoms with E-state index in [2.05, 4.69) is 15.5 Å². The lowest BCUT2D eigenvalue weighted by atomic mass is 10.3. The molecular weight excluding hydrogens is 404 g/mol. The van der Waals surface area contributed by atoms with E-state index >= 15 is 0 Å². The number of carbonyl (C=O) groups is 1. The number of nitrogens with one attached hydrogen (secondary N) is 1. The van der Waals surface area contributed by atoms with Gasteiger partial charge in [0.05, 0.1) is 19.1 Å². The van der Waals surface area contributed by atoms with Crippen LogP contribution in [0.2, 0.25) is 0 Å². The highest BCUT2D eigenvalue weighted by Crippen LogP contribution is 2.12. The third-order valence-corrected chi connectivity index (χ3v) is 4.82. The normalized spacial score (nSPS) is 11.3. The fourth-order valence-corrected chi connectivity index (χ4v) is 3.34. The number of aromatic nitrogens is 5. The molecule has 0 aromatic carbocycles. The second-order valence-corrected chi connectivity index (χ2v) is 7.17. The Balaban J connectivity index is 1.76. The van der Waals surface area contributed by atoms with E-state index in [1.165, 1.54) is 10.9 Å². The van der Waals surface area contributed by atoms with Crippen LogP contribution in [0.1, 0.15) is 31.3 Å². The standard InChI is InChI=1S/C20H22N6O5/c1-3-4-7-25-18-17(24(12-21-18)10-14-6-5-8-30-14)19(28)26(20(25)29)11-16(27)22-15-9-13(2)31-23-15/h5-6,8-9,12H,3-4,7,10-11H2,1-2H3,(H,22,23,27). The van der Waals surface area contributed by atoms with Gasteiger partial charge in [0.25, 0.3) is 5.56 Å². The zero-order chi connectivity index (χ0) is 22.0. The summed E-state index contributed by atoms with van der Waals surface area (Å²) in [6.45, 7) is 3.88. The predicted octanol–water partition coefficient (Wildman–Crippen LogP) is 1.74. The molecular formula is C20H22N6O5. The number of rotatable bonds is 8. The van der Waals surface area contributed by atoms with Crippen LogP contribution in [0.15, 0.2) is 49.3 Å². The summed E-state index contributed by atoms with van der Waals surface area (Å²) in [6.07, 6.45) is 4.62. The highest BCUT2D eigenvalue weighted by molar-refractivity contribution is 5.89. The van der Waals surface area contributed by atoms with Crippen LogP contribution in [0.4, 0.5) is 5.82 Å². The number of amides is 1. The number of unbranched alkanes of at least 4 members (excludes halogenated alkanes) is 1. The Morgan fingerprint density at radius 1 is 1.26 bits per heavy atom. The monoisotopic (exact) mass is 426 g/mol. The highest BCUT2D eigenvalue weighted by Gasteiger charge is 2.20. The predicted molar refractivity (Wildman–Crippen MR) is 111 cm³/mol. The third kappa shape index (κ3) is 4.06. The minimum absolute atomic E-state index is 0.214. The van der Waals surface area contributed by atoms with Crippen LogP contribution in [0.25, 0.3) is 11.2 Å². The van der Waals surface area contributed by atoms with Crippen molar-refractivity contribution in [2.24, 2.45) is 0 Å². The van der Waals surface area contributed by atoms with Crippen molar-refractivity contribution in [3.8, 4) is 0 Å². The molecule has 0 atom stereocenters. The summed E-state index contributed by atoms with van der Waals surface area (Å²) in [5, 5.41) is 6.23. The minimum atomic E-state index is -0.594. The number of aryl methyl sites for hydroxylation is 2. The van der Waals surface area contributed by atoms with E-state index in [4.69, 9.17) is 8.94 Å². The van der Waals surface area contributed by atoms with Gasteiger partial charge in [-0.1, -0.05) is 18.5 Å². The molecule has 4 aromatic rings. The molecule has 11 nitrogen and oxygen atoms in total. The Bertz CT molecular complexity index is 1320. The molecule has 0 saturated heterocycles. The fraction of sp³-hybridized carbons (Fsp3) is 0.350. The van der Waals surface area contributed by atoms with Gasteiger partial charge in [0.15, 0.2) is 17.0 Å². The fourth-order valence-electron chi connectivity index (χ4n) is 3.34. The van der Waals surface area contributed by atoms with Gasteiger partial charge in [-0.15, -0.1) is 0 Å². The SMILES string of the molecule is CCCCn1c(=O)n(CC(=O)Nc2cc(C)on2)c(=O)c2c1ncn2Cc1ccco1. The van der Waals surface area contributed by atoms with Gasteiger partial charge in [0.2, 0.25) is 5.91 Å². The molecule has 162 valence electrons. The Kier molecular flexibility index (Phi) is 5.56. The lowest BCUT2D eigenvalue weighted by Crippen LogP contribution is -2.43. The van der Waals surface area contributed by atoms with Crippen molar-refractivity contribution in [3.63, 3.8) is 0 Å². The lowest BCUT2D eigenvalue weighted by Gasteiger charge is -2.12. The van der Waals surface area contributed by atoms with Crippen LogP contribution >= 0.6 is 0 Å². The van der Waals surface area contributed by atoms with Gasteiger partial charge in [-0.3, -0.25) is 14.2 Å². The van der Waals surface area contributed by atoms with Gasteiger partial charge in [-0.25, -0.2) is 14.3 Å². The van der Waals surface area contributed by atoms with Crippen LogP contribution in [0.3, 0.4) is 0 Å². The molecule has 4 heterocycles. The molecule has 1 N–H and O–H groups in total. The molecule has 1 amide bonds. The number of anilines is 1. The maximum absolute atomic E-state index is 13.2. The third-order valence-electron chi connectivity index (χ3n) is 4.82. The average molecular weight is 426 g/mol. The molecule has 0 bridgehead atoms. The second-order valence-electron chi connectivity index (χ2n) is 7.17. The van der Waals surface area contributed by atoms with E-state index in [1.807, 2.05) is 6.92 Å². The first-order chi connectivity index (χ1) is 15.0. The van der Waals surface area contributed by atoms with Gasteiger partial charge in [-0.2, -0.15) is 0 Å². The summed E-state index contributed by atoms with van der Waals surface area (Å²) in [5.41, 5.74) is -0.653. The molecule has 0 aliphatic carbocycles. The van der Waals surface area contributed by atoms with E-state index in [9.17, 15) is 14.4 Å². The van der Waals surface area contributed by atoms with Gasteiger partial charge in [-0.05, 0) is 25.5 Å². The largest absolute Gasteiger partial charge is 0.467 e. The van der Waals surface area contributed by atoms with Crippen molar-refractivity contribution >= 4 is 22.9 Å². The number of carbonyl (C=O) groups excluding carboxylic acids is 1. The van der Waals surface area contributed by atoms with Crippen molar-refractivity contribution in [1.29, 1.82) is 0 Å². The summed E-state index contributed by atoms with van der Waals surface area (Å²) in [4.78, 5) is 43.1. The summed E-state index contributed by atoms with van der Waals surface area (Å²) < 4.78 is 14.3. The lowest BCUT2D eigenvalue weighted by molar-refractivity contribution is -0.116. The topological polar surface area (TPSA) is 130 Å². The maximum atomic E-state index is 13.2. The molecule has 0 spiro atoms. The van der Waals surface area contributed by atoms with Crippen molar-refractivity contribution < 1.29 is 13.7 Å². The van der Waals surface area contributed by atoms with Crippen molar-refractivity contribution in [2.45, 2.75) is 46.3 Å². The summed E-state index contributed by atoms with van der Waals surface area (Å²) in [7, 11) is 0. The molecule has 0 saturated carbocycles. The van der Waals surface area contributed by atoms with E-state index in [1.54, 1.807) is 36.0 Å². The van der Waals surface area contributed by atoms with Gasteiger partial charge >= 0.3 is 5.69 Å². The number of fused-ring (bicyclic) bond motifs is 1. The highest BCUT2D eigenvalue weighted by atomic mass is 16.5. The zero-order valence-corrected chi connectivity index (χ0v) is 17.2. The van der Waals surface area contributed by atoms with Crippen molar-refractivity contribution in [3.05, 3.63) is 63.1 Å². The maximum Gasteiger partial charge on any atom is 0.333 e. The number of hydrogen-bond donors (Lipinski definition) is 1. The van der Waals surface area contributed by atoms with E-state index in [0.717, 1.165) is 17.4 Å². The number of imidazole rings is 1. The summed E-state index contributed by atoms with van der Waals surface area (Å²) in [6, 6.07) is 5.08. The summed E-state index contributed by atoms with van der Waals surface area (Å²) in [5.74, 6) is 0.810. The summed E-state index contributed by atoms with van der Waals surface area (Å²) >= 11 is 0. The Morgan fingerprint density at radius 3 is 2.77 bits per heavy atom. The molecule has 0 aliphatic heterocycles. The molecule has 31 heavy (non-hydrogen) atoms. The molecule has 4 aromatic heterocycles. The van der Waals surface area contributed by atoms with Gasteiger partial charge in [0, 0.05) is 12.6 Å². The number of nitrogens with zero attached hydrogens (tertiary/aromatic N) is 5. The van der Waals surface area contributed by atoms with Crippen LogP contribution in [-0.2, 0) is 24.4 Å². The van der Waals surface area contributed by atoms with Crippen molar-refractivity contribution in [2.75, 3.05) is 5.32 Å². The number of furan rings is 1. The zero-order valence-electron chi connectivity index (χ0n) is 17.2. The van der Waals surface area contributed by atoms with Crippen LogP contribution in [0, 0.1) is 6.92 Å².